The van der Waals surface area contributed by atoms with Crippen molar-refractivity contribution in [2.24, 2.45) is 0 Å². The number of piperazine rings is 1. The number of hydrogen-bond donors (Lipinski definition) is 0. The molecule has 2 atom stereocenters. The lowest BCUT2D eigenvalue weighted by Crippen LogP contribution is -2.59. The number of rotatable bonds is 3. The third-order valence-corrected chi connectivity index (χ3v) is 6.45. The molecule has 2 aromatic carbocycles. The van der Waals surface area contributed by atoms with Gasteiger partial charge in [0.2, 0.25) is 0 Å². The van der Waals surface area contributed by atoms with Crippen LogP contribution in [0.2, 0.25) is 0 Å². The van der Waals surface area contributed by atoms with Crippen LogP contribution in [0.4, 0.5) is 5.69 Å². The van der Waals surface area contributed by atoms with Crippen LogP contribution >= 0.6 is 32.9 Å². The molecule has 1 saturated carbocycles. The molecule has 134 valence electrons. The summed E-state index contributed by atoms with van der Waals surface area (Å²) in [6.07, 6.45) is 1.34. The monoisotopic (exact) mass is 465 g/mol. The molecule has 0 N–H and O–H groups in total. The molecule has 4 rings (SSSR count). The van der Waals surface area contributed by atoms with Gasteiger partial charge in [-0.1, -0.05) is 46.3 Å². The number of quaternary nitrogens is 1. The van der Waals surface area contributed by atoms with Crippen LogP contribution in [0.3, 0.4) is 0 Å². The van der Waals surface area contributed by atoms with Crippen molar-refractivity contribution in [3.8, 4) is 0 Å². The van der Waals surface area contributed by atoms with E-state index in [1.165, 1.54) is 53.9 Å². The molecule has 0 unspecified atom stereocenters. The molecule has 1 aliphatic heterocycles. The lowest BCUT2D eigenvalue weighted by Gasteiger charge is -2.42. The molecule has 2 nitrogen and oxygen atoms in total. The van der Waals surface area contributed by atoms with Gasteiger partial charge in [0.15, 0.2) is 0 Å². The minimum atomic E-state index is 0. The zero-order chi connectivity index (χ0) is 16.7. The first kappa shape index (κ1) is 19.1. The average Bonchev–Trinajstić information content (AvgIpc) is 3.37. The second-order valence-corrected chi connectivity index (χ2v) is 8.55. The molecule has 0 radical (unpaired) electrons. The molecule has 1 heterocycles. The van der Waals surface area contributed by atoms with Crippen LogP contribution < -0.4 is 4.48 Å². The predicted octanol–water partition coefficient (Wildman–Crippen LogP) is 5.14. The molecule has 1 saturated heterocycles. The lowest BCUT2D eigenvalue weighted by molar-refractivity contribution is 0.146. The number of benzene rings is 2. The first-order valence-electron chi connectivity index (χ1n) is 8.97. The molecule has 2 aliphatic rings. The van der Waals surface area contributed by atoms with Crippen molar-refractivity contribution in [1.29, 1.82) is 0 Å². The van der Waals surface area contributed by atoms with Crippen molar-refractivity contribution in [3.05, 3.63) is 64.1 Å². The van der Waals surface area contributed by atoms with E-state index >= 15 is 0 Å². The Morgan fingerprint density at radius 1 is 1.04 bits per heavy atom. The second kappa shape index (κ2) is 7.51. The highest BCUT2D eigenvalue weighted by molar-refractivity contribution is 9.10. The summed E-state index contributed by atoms with van der Waals surface area (Å²) < 4.78 is 2.25. The first-order chi connectivity index (χ1) is 11.6. The summed E-state index contributed by atoms with van der Waals surface area (Å²) in [5.41, 5.74) is 4.40. The van der Waals surface area contributed by atoms with E-state index in [1.54, 1.807) is 0 Å². The van der Waals surface area contributed by atoms with Gasteiger partial charge < -0.3 is 0 Å². The molecule has 4 heteroatoms. The zero-order valence-corrected chi connectivity index (χ0v) is 18.3. The van der Waals surface area contributed by atoms with E-state index in [4.69, 9.17) is 0 Å². The molecule has 1 aliphatic carbocycles. The number of hydrogen-bond acceptors (Lipinski definition) is 1. The van der Waals surface area contributed by atoms with Crippen molar-refractivity contribution >= 4 is 38.6 Å². The Kier molecular flexibility index (Phi) is 5.74. The van der Waals surface area contributed by atoms with Gasteiger partial charge in [-0.05, 0) is 31.0 Å². The van der Waals surface area contributed by atoms with E-state index in [9.17, 15) is 0 Å². The largest absolute Gasteiger partial charge is 0.291 e. The fourth-order valence-electron chi connectivity index (χ4n) is 4.36. The van der Waals surface area contributed by atoms with E-state index in [-0.39, 0.29) is 17.0 Å². The normalized spacial score (nSPS) is 25.2. The molecule has 25 heavy (non-hydrogen) atoms. The van der Waals surface area contributed by atoms with Crippen molar-refractivity contribution in [2.45, 2.75) is 25.3 Å². The van der Waals surface area contributed by atoms with Crippen LogP contribution in [-0.2, 0) is 0 Å². The molecule has 0 aromatic heterocycles. The van der Waals surface area contributed by atoms with E-state index in [0.29, 0.717) is 0 Å². The van der Waals surface area contributed by atoms with Crippen LogP contribution in [0.25, 0.3) is 0 Å². The smallest absolute Gasteiger partial charge is 0.135 e. The predicted molar refractivity (Wildman–Crippen MR) is 116 cm³/mol. The zero-order valence-electron chi connectivity index (χ0n) is 15.0. The van der Waals surface area contributed by atoms with E-state index in [0.717, 1.165) is 16.4 Å². The van der Waals surface area contributed by atoms with Gasteiger partial charge in [-0.3, -0.25) is 9.38 Å². The average molecular weight is 467 g/mol. The Morgan fingerprint density at radius 2 is 1.72 bits per heavy atom. The highest BCUT2D eigenvalue weighted by Crippen LogP contribution is 2.45. The van der Waals surface area contributed by atoms with Crippen molar-refractivity contribution in [2.75, 3.05) is 33.2 Å². The van der Waals surface area contributed by atoms with E-state index < -0.39 is 0 Å². The number of halogens is 2. The summed E-state index contributed by atoms with van der Waals surface area (Å²) in [5.74, 6) is 0.762. The first-order valence-corrected chi connectivity index (χ1v) is 9.76. The highest BCUT2D eigenvalue weighted by Gasteiger charge is 2.45. The SMILES string of the molecule is Br.Cc1cc(Br)ccc1[N+]1(C)CCN([C@@H]2C[C@H]2c2ccccc2)CC1. The summed E-state index contributed by atoms with van der Waals surface area (Å²) in [5, 5.41) is 0. The summed E-state index contributed by atoms with van der Waals surface area (Å²) in [4.78, 5) is 2.73. The van der Waals surface area contributed by atoms with E-state index in [2.05, 4.69) is 83.3 Å². The van der Waals surface area contributed by atoms with Gasteiger partial charge >= 0.3 is 0 Å². The maximum Gasteiger partial charge on any atom is 0.135 e. The second-order valence-electron chi connectivity index (χ2n) is 7.63. The number of aryl methyl sites for hydroxylation is 1. The molecule has 0 spiro atoms. The Morgan fingerprint density at radius 3 is 2.36 bits per heavy atom. The summed E-state index contributed by atoms with van der Waals surface area (Å²) >= 11 is 3.59. The molecule has 2 fully saturated rings. The molecule has 0 amide bonds. The minimum absolute atomic E-state index is 0. The standard InChI is InChI=1S/C21H26BrN2.BrH/c1-16-14-18(22)8-9-21(16)24(2)12-10-23(11-13-24)20-15-19(20)17-6-4-3-5-7-17;/h3-9,14,19-20H,10-13,15H2,1-2H3;1H/q+1;/t19-,20+;/m0./s1. The summed E-state index contributed by atoms with van der Waals surface area (Å²) in [6.45, 7) is 7.07. The molecule has 2 aromatic rings. The molecular weight excluding hydrogens is 440 g/mol. The van der Waals surface area contributed by atoms with Crippen LogP contribution in [-0.4, -0.2) is 44.2 Å². The van der Waals surface area contributed by atoms with Gasteiger partial charge in [-0.25, -0.2) is 0 Å². The van der Waals surface area contributed by atoms with Gasteiger partial charge in [0, 0.05) is 41.2 Å². The fourth-order valence-corrected chi connectivity index (χ4v) is 4.84. The van der Waals surface area contributed by atoms with Crippen LogP contribution in [0.5, 0.6) is 0 Å². The lowest BCUT2D eigenvalue weighted by atomic mass is 10.1. The van der Waals surface area contributed by atoms with Gasteiger partial charge in [-0.2, -0.15) is 0 Å². The van der Waals surface area contributed by atoms with Gasteiger partial charge in [0.25, 0.3) is 0 Å². The van der Waals surface area contributed by atoms with Gasteiger partial charge in [0.1, 0.15) is 5.69 Å². The number of likely N-dealkylation sites (N-methyl/N-ethyl adjacent to an activating group) is 1. The van der Waals surface area contributed by atoms with Crippen molar-refractivity contribution in [1.82, 2.24) is 9.38 Å². The van der Waals surface area contributed by atoms with Crippen molar-refractivity contribution in [3.63, 3.8) is 0 Å². The van der Waals surface area contributed by atoms with Crippen LogP contribution in [0, 0.1) is 6.92 Å². The molecular formula is C21H27Br2N2+. The number of nitrogens with zero attached hydrogens (tertiary/aromatic N) is 2. The maximum atomic E-state index is 3.59. The van der Waals surface area contributed by atoms with Gasteiger partial charge in [0.05, 0.1) is 20.1 Å². The summed E-state index contributed by atoms with van der Waals surface area (Å²) in [6, 6.07) is 18.6. The Balaban J connectivity index is 0.00000182. The highest BCUT2D eigenvalue weighted by atomic mass is 79.9. The quantitative estimate of drug-likeness (QED) is 0.565. The third kappa shape index (κ3) is 3.87. The van der Waals surface area contributed by atoms with Gasteiger partial charge in [-0.15, -0.1) is 17.0 Å². The van der Waals surface area contributed by atoms with Crippen LogP contribution in [0.15, 0.2) is 53.0 Å². The Bertz CT molecular complexity index is 724. The minimum Gasteiger partial charge on any atom is -0.291 e. The third-order valence-electron chi connectivity index (χ3n) is 5.96. The fraction of sp³-hybridized carbons (Fsp3) is 0.429. The maximum absolute atomic E-state index is 3.59. The summed E-state index contributed by atoms with van der Waals surface area (Å²) in [7, 11) is 2.40. The van der Waals surface area contributed by atoms with Crippen molar-refractivity contribution < 1.29 is 0 Å². The Hall–Kier alpha value is -0.680. The molecule has 0 bridgehead atoms. The Labute approximate surface area is 170 Å². The van der Waals surface area contributed by atoms with Crippen LogP contribution in [0.1, 0.15) is 23.5 Å². The van der Waals surface area contributed by atoms with E-state index in [1.807, 2.05) is 0 Å². The topological polar surface area (TPSA) is 3.24 Å².